The van der Waals surface area contributed by atoms with E-state index in [4.69, 9.17) is 29.0 Å². The number of benzene rings is 3. The summed E-state index contributed by atoms with van der Waals surface area (Å²) >= 11 is 1.38. The molecule has 6 aromatic rings. The van der Waals surface area contributed by atoms with E-state index in [1.165, 1.54) is 41.4 Å². The summed E-state index contributed by atoms with van der Waals surface area (Å²) < 4.78 is 59.0. The van der Waals surface area contributed by atoms with Gasteiger partial charge in [-0.3, -0.25) is 53.0 Å². The number of hydrogen-bond acceptors (Lipinski definition) is 26. The Morgan fingerprint density at radius 1 is 0.810 bits per heavy atom. The second kappa shape index (κ2) is 36.0. The molecular formula is C83H102N12O24S2. The van der Waals surface area contributed by atoms with Gasteiger partial charge in [0.15, 0.2) is 16.9 Å². The maximum absolute atomic E-state index is 14.6. The zero-order valence-corrected chi connectivity index (χ0v) is 69.4. The highest BCUT2D eigenvalue weighted by molar-refractivity contribution is 7.85. The van der Waals surface area contributed by atoms with Crippen molar-refractivity contribution in [3.05, 3.63) is 130 Å². The molecule has 8 amide bonds. The van der Waals surface area contributed by atoms with E-state index in [-0.39, 0.29) is 85.5 Å². The van der Waals surface area contributed by atoms with Crippen molar-refractivity contribution in [2.45, 2.75) is 198 Å². The number of pyridine rings is 1. The zero-order chi connectivity index (χ0) is 86.9. The summed E-state index contributed by atoms with van der Waals surface area (Å²) in [7, 11) is -4.43. The van der Waals surface area contributed by atoms with Crippen LogP contribution in [0.5, 0.6) is 0 Å². The average molecular weight is 1720 g/mol. The van der Waals surface area contributed by atoms with E-state index in [2.05, 4.69) is 40.1 Å². The number of anilines is 3. The third-order valence-electron chi connectivity index (χ3n) is 24.2. The van der Waals surface area contributed by atoms with E-state index in [9.17, 15) is 96.7 Å². The van der Waals surface area contributed by atoms with Crippen molar-refractivity contribution >= 4 is 108 Å². The number of aliphatic carboxylic acids is 1. The maximum atomic E-state index is 14.6. The molecule has 121 heavy (non-hydrogen) atoms. The van der Waals surface area contributed by atoms with Gasteiger partial charge in [-0.1, -0.05) is 69.4 Å². The van der Waals surface area contributed by atoms with Crippen molar-refractivity contribution in [1.29, 1.82) is 0 Å². The molecule has 4 saturated carbocycles. The van der Waals surface area contributed by atoms with Crippen LogP contribution in [0.4, 0.5) is 21.4 Å². The average Bonchev–Trinajstić information content (AvgIpc) is 0.769. The number of aryl methyl sites for hydroxylation is 1. The van der Waals surface area contributed by atoms with Crippen LogP contribution in [-0.2, 0) is 95.2 Å². The highest BCUT2D eigenvalue weighted by atomic mass is 32.2. The Bertz CT molecular complexity index is 5080. The van der Waals surface area contributed by atoms with Crippen molar-refractivity contribution in [2.75, 3.05) is 73.9 Å². The van der Waals surface area contributed by atoms with Gasteiger partial charge in [-0.15, -0.1) is 0 Å². The van der Waals surface area contributed by atoms with Crippen molar-refractivity contribution in [3.8, 4) is 11.1 Å². The number of likely N-dealkylation sites (tertiary alicyclic amines) is 1. The highest BCUT2D eigenvalue weighted by Crippen LogP contribution is 2.72. The summed E-state index contributed by atoms with van der Waals surface area (Å²) in [5.41, 5.74) is 4.22. The number of thiazole rings is 1. The van der Waals surface area contributed by atoms with Gasteiger partial charge in [0.2, 0.25) is 23.6 Å². The predicted molar refractivity (Wildman–Crippen MR) is 435 cm³/mol. The molecule has 650 valence electrons. The molecule has 36 nitrogen and oxygen atoms in total. The van der Waals surface area contributed by atoms with Gasteiger partial charge in [0, 0.05) is 79.4 Å². The number of aromatic nitrogens is 4. The molecule has 4 aliphatic heterocycles. The number of aliphatic hydroxyl groups excluding tert-OH is 5. The lowest BCUT2D eigenvalue weighted by Gasteiger charge is -2.69. The van der Waals surface area contributed by atoms with Gasteiger partial charge in [0.05, 0.1) is 79.0 Å². The molecule has 3 aromatic heterocycles. The monoisotopic (exact) mass is 1710 g/mol. The van der Waals surface area contributed by atoms with Crippen LogP contribution < -0.4 is 26.2 Å². The third kappa shape index (κ3) is 19.9. The van der Waals surface area contributed by atoms with Gasteiger partial charge in [0.25, 0.3) is 27.8 Å². The Labute approximate surface area is 700 Å². The number of rotatable bonds is 35. The van der Waals surface area contributed by atoms with Gasteiger partial charge >= 0.3 is 18.0 Å². The molecule has 5 unspecified atom stereocenters. The number of carboxylic acids is 2. The van der Waals surface area contributed by atoms with Crippen molar-refractivity contribution in [2.24, 2.45) is 22.2 Å². The first kappa shape index (κ1) is 88.5. The van der Waals surface area contributed by atoms with Gasteiger partial charge < -0.3 is 85.3 Å². The Kier molecular flexibility index (Phi) is 26.4. The van der Waals surface area contributed by atoms with E-state index in [1.807, 2.05) is 59.0 Å². The summed E-state index contributed by atoms with van der Waals surface area (Å²) in [6.45, 7) is 9.70. The third-order valence-corrected chi connectivity index (χ3v) is 25.8. The van der Waals surface area contributed by atoms with Crippen LogP contribution in [0.3, 0.4) is 0 Å². The predicted octanol–water partition coefficient (Wildman–Crippen LogP) is 4.14. The molecule has 6 fully saturated rings. The van der Waals surface area contributed by atoms with Gasteiger partial charge in [-0.05, 0) is 165 Å². The number of aliphatic hydroxyl groups is 5. The summed E-state index contributed by atoms with van der Waals surface area (Å²) in [5, 5.41) is 89.8. The topological polar surface area (TPSA) is 508 Å². The van der Waals surface area contributed by atoms with Gasteiger partial charge in [0.1, 0.15) is 48.9 Å². The number of hydrogen-bond donors (Lipinski definition) is 12. The molecule has 14 rings (SSSR count). The Hall–Kier alpha value is -10.3. The molecule has 4 aliphatic carbocycles. The Morgan fingerprint density at radius 3 is 2.24 bits per heavy atom. The minimum atomic E-state index is -4.43. The van der Waals surface area contributed by atoms with E-state index >= 15 is 0 Å². The van der Waals surface area contributed by atoms with Crippen LogP contribution in [0, 0.1) is 29.1 Å². The van der Waals surface area contributed by atoms with Crippen LogP contribution in [-0.4, -0.2) is 267 Å². The molecule has 0 spiro atoms. The number of amides is 8. The number of fused-ring (bicyclic) bond motifs is 2. The molecule has 2 saturated heterocycles. The second-order valence-corrected chi connectivity index (χ2v) is 36.8. The van der Waals surface area contributed by atoms with Crippen LogP contribution >= 0.6 is 11.3 Å². The maximum Gasteiger partial charge on any atom is 0.410 e. The number of para-hydroxylation sites is 1. The number of aromatic carboxylic acids is 1. The quantitative estimate of drug-likeness (QED) is 0.0151. The fourth-order valence-corrected chi connectivity index (χ4v) is 20.7. The first-order chi connectivity index (χ1) is 57.3. The lowest BCUT2D eigenvalue weighted by atomic mass is 9.39. The first-order valence-corrected chi connectivity index (χ1v) is 42.7. The van der Waals surface area contributed by atoms with Crippen LogP contribution in [0.2, 0.25) is 0 Å². The lowest BCUT2D eigenvalue weighted by molar-refractivity contribution is -0.248. The van der Waals surface area contributed by atoms with E-state index in [0.717, 1.165) is 81.1 Å². The minimum absolute atomic E-state index is 0.0192. The number of imide groups is 1. The van der Waals surface area contributed by atoms with E-state index in [0.29, 0.717) is 71.2 Å². The highest BCUT2D eigenvalue weighted by Gasteiger charge is 2.66. The molecule has 38 heteroatoms. The molecule has 3 aromatic carbocycles. The van der Waals surface area contributed by atoms with Crippen LogP contribution in [0.25, 0.3) is 21.3 Å². The largest absolute Gasteiger partial charge is 0.479 e. The minimum Gasteiger partial charge on any atom is -0.479 e. The first-order valence-electron chi connectivity index (χ1n) is 40.3. The lowest BCUT2D eigenvalue weighted by Crippen LogP contribution is -2.64. The summed E-state index contributed by atoms with van der Waals surface area (Å²) in [6, 6.07) is 16.3. The molecule has 4 bridgehead atoms. The molecular weight excluding hydrogens is 1610 g/mol. The SMILES string of the molecule is Cc1c(-c2ccc(N3CCc4cccc(C(=O)Nc5nc6ccccc6s5)c4C3)nc2C(=O)O)cnn1CC12CC3(C)CC(C)(C1)CC(OCCN(CCC(O)CO)C(=O)OCc1ccc(NC(=O)C(C)NC(=O)C(NC(=O)CN4C(=O)[C@@H](N5C(=O)C=CC5=O)C[C@H]4COCCS(=O)(=O)O)C(C)C)cc1CC[C@@H]1O[C@H](C(=O)O)[C@@H](O)[C@H](O)[C@H]1O)(C3)C2. The number of carbonyl (C=O) groups is 10. The molecule has 12 atom stereocenters. The molecule has 7 heterocycles. The van der Waals surface area contributed by atoms with E-state index in [1.54, 1.807) is 32.2 Å². The molecule has 12 N–H and O–H groups in total. The molecule has 8 aliphatic rings. The fraction of sp³-hybridized carbons (Fsp3) is 0.530. The number of carbonyl (C=O) groups excluding carboxylic acids is 8. The Balaban J connectivity index is 0.664. The van der Waals surface area contributed by atoms with Gasteiger partial charge in [-0.25, -0.2) is 24.4 Å². The Morgan fingerprint density at radius 2 is 1.55 bits per heavy atom. The number of carboxylic acid groups (broad SMARTS) is 2. The summed E-state index contributed by atoms with van der Waals surface area (Å²) in [4.78, 5) is 149. The van der Waals surface area contributed by atoms with Crippen molar-refractivity contribution < 1.29 is 116 Å². The standard InChI is InChI=1S/C83H102N12O24S2/c1-45(2)66(89-63(98)34-93-52(37-116-28-29-121(113,114)115)31-59(75(93)107)95-64(99)20-21-65(95)100)74(106)85-46(3)72(104)86-51-16-14-50(49(30-51)15-18-60-68(101)69(102)70(103)71(119-60)77(110)111)36-117-79(112)91(25-23-53(97)35-96)26-27-118-83-41-80(5)38-81(6,42-83)40-82(39-80,43-83)44-94-47(4)56(32-84-94)54-17-19-62(88-67(54)76(108)109)92-24-22-48-10-9-11-55(57(48)33-92)73(105)90-78-87-58-12-7-8-13-61(58)120-78/h7-14,16-17,19-21,30,32,45-46,52-53,59-60,66,68-71,96-97,101-103H,15,18,22-29,31,33-44H2,1-6H3,(H,85,106)(H,86,104)(H,89,98)(H,108,109)(H,110,111)(H,87,90,105)(H,113,114,115)/t46?,52-,53?,59-,60-,66?,68-,69+,70-,71-,80?,81?,82?,83?/m0/s1. The summed E-state index contributed by atoms with van der Waals surface area (Å²) in [5.74, 6) is -8.95. The summed E-state index contributed by atoms with van der Waals surface area (Å²) in [6.07, 6.45) is -2.52. The second-order valence-electron chi connectivity index (χ2n) is 34.2. The van der Waals surface area contributed by atoms with E-state index < -0.39 is 168 Å². The zero-order valence-electron chi connectivity index (χ0n) is 67.8. The number of ether oxygens (including phenoxy) is 4. The number of nitrogens with one attached hydrogen (secondary N) is 4. The smallest absolute Gasteiger partial charge is 0.410 e. The van der Waals surface area contributed by atoms with Crippen molar-refractivity contribution in [1.82, 2.24) is 45.1 Å². The van der Waals surface area contributed by atoms with Crippen molar-refractivity contribution in [3.63, 3.8) is 0 Å². The van der Waals surface area contributed by atoms with Crippen LogP contribution in [0.15, 0.2) is 91.1 Å². The van der Waals surface area contributed by atoms with Gasteiger partial charge in [-0.2, -0.15) is 13.5 Å². The normalized spacial score (nSPS) is 25.7. The molecule has 0 radical (unpaired) electrons. The van der Waals surface area contributed by atoms with Crippen LogP contribution in [0.1, 0.15) is 141 Å². The fourth-order valence-electron chi connectivity index (χ4n) is 19.6. The number of nitrogens with zero attached hydrogens (tertiary/aromatic N) is 8.